The van der Waals surface area contributed by atoms with E-state index in [4.69, 9.17) is 28.4 Å². The number of fused-ring (bicyclic) bond motifs is 3. The maximum atomic E-state index is 13.0. The summed E-state index contributed by atoms with van der Waals surface area (Å²) in [6.45, 7) is 8.94. The average molecular weight is 447 g/mol. The molecule has 1 amide bonds. The SMILES string of the molecule is CC(=O)O[C@H]1C(=O)N(Cc2ccccc2)[C@H]1[C@H]1O[C@@H]2OC(C)(C)O[C@@H]2[C@H]2OC(C)(C)O[C@H]21. The molecule has 9 heteroatoms. The van der Waals surface area contributed by atoms with Crippen molar-refractivity contribution >= 4 is 11.9 Å². The molecule has 4 fully saturated rings. The Balaban J connectivity index is 1.47. The Hall–Kier alpha value is -2.04. The Morgan fingerprint density at radius 1 is 0.938 bits per heavy atom. The van der Waals surface area contributed by atoms with Crippen molar-refractivity contribution in [3.8, 4) is 0 Å². The van der Waals surface area contributed by atoms with Gasteiger partial charge in [-0.3, -0.25) is 9.59 Å². The fourth-order valence-electron chi connectivity index (χ4n) is 5.07. The van der Waals surface area contributed by atoms with E-state index in [0.29, 0.717) is 6.54 Å². The zero-order valence-corrected chi connectivity index (χ0v) is 18.8. The van der Waals surface area contributed by atoms with Gasteiger partial charge >= 0.3 is 5.97 Å². The lowest BCUT2D eigenvalue weighted by Gasteiger charge is -2.52. The van der Waals surface area contributed by atoms with Crippen LogP contribution < -0.4 is 0 Å². The average Bonchev–Trinajstić information content (AvgIpc) is 3.21. The van der Waals surface area contributed by atoms with Crippen molar-refractivity contribution in [3.05, 3.63) is 35.9 Å². The highest BCUT2D eigenvalue weighted by molar-refractivity contribution is 5.90. The van der Waals surface area contributed by atoms with Gasteiger partial charge < -0.3 is 33.3 Å². The highest BCUT2D eigenvalue weighted by Gasteiger charge is 2.66. The van der Waals surface area contributed by atoms with E-state index in [2.05, 4.69) is 0 Å². The molecule has 174 valence electrons. The molecule has 4 aliphatic rings. The van der Waals surface area contributed by atoms with Crippen LogP contribution in [-0.2, 0) is 44.6 Å². The van der Waals surface area contributed by atoms with Crippen molar-refractivity contribution in [2.24, 2.45) is 0 Å². The lowest BCUT2D eigenvalue weighted by atomic mass is 9.84. The van der Waals surface area contributed by atoms with Gasteiger partial charge in [0.2, 0.25) is 6.10 Å². The third-order valence-electron chi connectivity index (χ3n) is 6.21. The van der Waals surface area contributed by atoms with Crippen molar-refractivity contribution in [1.82, 2.24) is 4.90 Å². The van der Waals surface area contributed by atoms with Crippen molar-refractivity contribution in [3.63, 3.8) is 0 Å². The normalized spacial score (nSPS) is 39.2. The minimum absolute atomic E-state index is 0.265. The van der Waals surface area contributed by atoms with Crippen LogP contribution in [0.3, 0.4) is 0 Å². The van der Waals surface area contributed by atoms with Gasteiger partial charge in [-0.15, -0.1) is 0 Å². The van der Waals surface area contributed by atoms with E-state index < -0.39 is 60.4 Å². The molecular formula is C23H29NO8. The number of β-lactam (4-membered cyclic amide) rings is 1. The van der Waals surface area contributed by atoms with Gasteiger partial charge in [-0.2, -0.15) is 0 Å². The molecule has 9 nitrogen and oxygen atoms in total. The highest BCUT2D eigenvalue weighted by Crippen LogP contribution is 2.47. The molecule has 0 aromatic heterocycles. The summed E-state index contributed by atoms with van der Waals surface area (Å²) in [5.74, 6) is -2.50. The van der Waals surface area contributed by atoms with Crippen LogP contribution in [0.15, 0.2) is 30.3 Å². The van der Waals surface area contributed by atoms with Crippen LogP contribution in [0.2, 0.25) is 0 Å². The van der Waals surface area contributed by atoms with Gasteiger partial charge in [0, 0.05) is 13.5 Å². The lowest BCUT2D eigenvalue weighted by molar-refractivity contribution is -0.264. The number of rotatable bonds is 4. The zero-order chi connectivity index (χ0) is 22.8. The van der Waals surface area contributed by atoms with Crippen LogP contribution in [0.4, 0.5) is 0 Å². The molecule has 7 atom stereocenters. The third kappa shape index (κ3) is 3.72. The number of likely N-dealkylation sites (tertiary alicyclic amines) is 1. The van der Waals surface area contributed by atoms with Gasteiger partial charge in [-0.25, -0.2) is 0 Å². The molecule has 0 unspecified atom stereocenters. The van der Waals surface area contributed by atoms with Crippen LogP contribution in [0.1, 0.15) is 40.2 Å². The number of hydrogen-bond donors (Lipinski definition) is 0. The molecule has 4 heterocycles. The Labute approximate surface area is 186 Å². The number of carbonyl (C=O) groups is 2. The molecule has 4 saturated heterocycles. The molecule has 0 spiro atoms. The van der Waals surface area contributed by atoms with Gasteiger partial charge in [-0.05, 0) is 33.3 Å². The number of ether oxygens (including phenoxy) is 6. The predicted octanol–water partition coefficient (Wildman–Crippen LogP) is 1.73. The molecule has 0 bridgehead atoms. The maximum Gasteiger partial charge on any atom is 0.303 e. The first kappa shape index (κ1) is 21.8. The second-order valence-electron chi connectivity index (χ2n) is 9.61. The van der Waals surface area contributed by atoms with Gasteiger partial charge in [0.15, 0.2) is 17.9 Å². The molecule has 0 radical (unpaired) electrons. The molecule has 0 saturated carbocycles. The summed E-state index contributed by atoms with van der Waals surface area (Å²) in [6.07, 6.45) is -3.74. The van der Waals surface area contributed by atoms with Crippen LogP contribution >= 0.6 is 0 Å². The standard InChI is InChI=1S/C23H29NO8/c1-12(25)27-16-14(24(20(16)26)11-13-9-7-6-8-10-13)15-17-18(30-22(2,3)29-17)19-21(28-15)32-23(4,5)31-19/h6-10,14-19,21H,11H2,1-5H3/t14-,15+,16+,17-,18-,19+,21+/m0/s1. The van der Waals surface area contributed by atoms with Crippen LogP contribution in [0.5, 0.6) is 0 Å². The molecule has 0 aliphatic carbocycles. The van der Waals surface area contributed by atoms with Crippen molar-refractivity contribution < 1.29 is 38.0 Å². The van der Waals surface area contributed by atoms with Crippen LogP contribution in [0.25, 0.3) is 0 Å². The van der Waals surface area contributed by atoms with E-state index in [1.807, 2.05) is 58.0 Å². The lowest BCUT2D eigenvalue weighted by Crippen LogP contribution is -2.74. The van der Waals surface area contributed by atoms with Gasteiger partial charge in [0.25, 0.3) is 5.91 Å². The third-order valence-corrected chi connectivity index (χ3v) is 6.21. The Kier molecular flexibility index (Phi) is 5.10. The van der Waals surface area contributed by atoms with Crippen LogP contribution in [0, 0.1) is 0 Å². The molecule has 4 aliphatic heterocycles. The smallest absolute Gasteiger partial charge is 0.303 e. The molecule has 5 rings (SSSR count). The molecule has 1 aromatic carbocycles. The number of esters is 1. The number of amides is 1. The van der Waals surface area contributed by atoms with Gasteiger partial charge in [-0.1, -0.05) is 30.3 Å². The minimum Gasteiger partial charge on any atom is -0.450 e. The van der Waals surface area contributed by atoms with Crippen LogP contribution in [-0.4, -0.2) is 71.2 Å². The first-order valence-electron chi connectivity index (χ1n) is 10.9. The molecule has 0 N–H and O–H groups in total. The first-order chi connectivity index (χ1) is 15.0. The summed E-state index contributed by atoms with van der Waals surface area (Å²) < 4.78 is 36.2. The second kappa shape index (κ2) is 7.50. The summed E-state index contributed by atoms with van der Waals surface area (Å²) in [6, 6.07) is 9.08. The summed E-state index contributed by atoms with van der Waals surface area (Å²) in [5, 5.41) is 0. The fourth-order valence-corrected chi connectivity index (χ4v) is 5.07. The number of benzene rings is 1. The largest absolute Gasteiger partial charge is 0.450 e. The number of hydrogen-bond acceptors (Lipinski definition) is 8. The highest BCUT2D eigenvalue weighted by atomic mass is 16.9. The number of nitrogens with zero attached hydrogens (tertiary/aromatic N) is 1. The Morgan fingerprint density at radius 2 is 1.53 bits per heavy atom. The van der Waals surface area contributed by atoms with E-state index in [9.17, 15) is 9.59 Å². The first-order valence-corrected chi connectivity index (χ1v) is 10.9. The van der Waals surface area contributed by atoms with Gasteiger partial charge in [0.05, 0.1) is 0 Å². The Morgan fingerprint density at radius 3 is 2.19 bits per heavy atom. The molecule has 32 heavy (non-hydrogen) atoms. The summed E-state index contributed by atoms with van der Waals surface area (Å²) in [4.78, 5) is 26.4. The van der Waals surface area contributed by atoms with Gasteiger partial charge in [0.1, 0.15) is 30.5 Å². The molecule has 1 aromatic rings. The Bertz CT molecular complexity index is 903. The minimum atomic E-state index is -0.957. The zero-order valence-electron chi connectivity index (χ0n) is 18.8. The number of carbonyl (C=O) groups excluding carboxylic acids is 2. The van der Waals surface area contributed by atoms with Crippen molar-refractivity contribution in [2.45, 2.75) is 95.6 Å². The van der Waals surface area contributed by atoms with E-state index in [1.165, 1.54) is 6.92 Å². The second-order valence-corrected chi connectivity index (χ2v) is 9.61. The van der Waals surface area contributed by atoms with E-state index >= 15 is 0 Å². The predicted molar refractivity (Wildman–Crippen MR) is 109 cm³/mol. The molecular weight excluding hydrogens is 418 g/mol. The quantitative estimate of drug-likeness (QED) is 0.509. The van der Waals surface area contributed by atoms with E-state index in [0.717, 1.165) is 5.56 Å². The maximum absolute atomic E-state index is 13.0. The summed E-state index contributed by atoms with van der Waals surface area (Å²) in [5.41, 5.74) is 0.961. The monoisotopic (exact) mass is 447 g/mol. The fraction of sp³-hybridized carbons (Fsp3) is 0.652. The summed E-state index contributed by atoms with van der Waals surface area (Å²) in [7, 11) is 0. The van der Waals surface area contributed by atoms with E-state index in [-0.39, 0.29) is 5.91 Å². The summed E-state index contributed by atoms with van der Waals surface area (Å²) >= 11 is 0. The van der Waals surface area contributed by atoms with E-state index in [1.54, 1.807) is 4.90 Å². The topological polar surface area (TPSA) is 92.8 Å². The van der Waals surface area contributed by atoms with Crippen molar-refractivity contribution in [2.75, 3.05) is 0 Å². The van der Waals surface area contributed by atoms with Crippen molar-refractivity contribution in [1.29, 1.82) is 0 Å².